The predicted molar refractivity (Wildman–Crippen MR) is 108 cm³/mol. The van der Waals surface area contributed by atoms with Crippen LogP contribution in [0.4, 0.5) is 13.2 Å². The number of nitrogens with one attached hydrogen (secondary N) is 1. The summed E-state index contributed by atoms with van der Waals surface area (Å²) in [5.74, 6) is -0.490. The third kappa shape index (κ3) is 6.00. The minimum absolute atomic E-state index is 0.00294. The first kappa shape index (κ1) is 23.8. The zero-order valence-corrected chi connectivity index (χ0v) is 17.7. The van der Waals surface area contributed by atoms with Gasteiger partial charge < -0.3 is 15.0 Å². The van der Waals surface area contributed by atoms with Crippen LogP contribution in [-0.2, 0) is 27.3 Å². The molecule has 0 bridgehead atoms. The molecule has 8 nitrogen and oxygen atoms in total. The maximum Gasteiger partial charge on any atom is 0.433 e. The summed E-state index contributed by atoms with van der Waals surface area (Å²) < 4.78 is 39.0. The number of aromatic nitrogens is 2. The molecule has 0 unspecified atom stereocenters. The molecule has 31 heavy (non-hydrogen) atoms. The number of nitrogens with zero attached hydrogens (tertiary/aromatic N) is 4. The minimum atomic E-state index is -4.60. The van der Waals surface area contributed by atoms with Crippen molar-refractivity contribution in [3.8, 4) is 0 Å². The van der Waals surface area contributed by atoms with E-state index in [-0.39, 0.29) is 29.5 Å². The maximum atomic E-state index is 13.0. The van der Waals surface area contributed by atoms with E-state index in [1.54, 1.807) is 12.1 Å². The molecule has 0 atom stereocenters. The summed E-state index contributed by atoms with van der Waals surface area (Å²) in [5.41, 5.74) is 1.03. The van der Waals surface area contributed by atoms with Crippen molar-refractivity contribution in [1.82, 2.24) is 15.3 Å². The number of amides is 1. The molecule has 0 aliphatic rings. The van der Waals surface area contributed by atoms with Crippen LogP contribution in [-0.4, -0.2) is 41.5 Å². The molecule has 2 aromatic rings. The molecule has 0 saturated heterocycles. The molecule has 2 rings (SSSR count). The van der Waals surface area contributed by atoms with Crippen molar-refractivity contribution in [1.29, 1.82) is 0 Å². The van der Waals surface area contributed by atoms with E-state index < -0.39 is 17.8 Å². The van der Waals surface area contributed by atoms with E-state index in [9.17, 15) is 18.0 Å². The molecule has 1 amide bonds. The van der Waals surface area contributed by atoms with E-state index in [4.69, 9.17) is 9.68 Å². The summed E-state index contributed by atoms with van der Waals surface area (Å²) in [4.78, 5) is 29.7. The molecule has 166 valence electrons. The number of rotatable bonds is 7. The highest BCUT2D eigenvalue weighted by molar-refractivity contribution is 6.45. The van der Waals surface area contributed by atoms with Crippen LogP contribution >= 0.6 is 0 Å². The van der Waals surface area contributed by atoms with E-state index in [1.807, 2.05) is 13.0 Å². The van der Waals surface area contributed by atoms with Crippen molar-refractivity contribution >= 4 is 17.3 Å². The summed E-state index contributed by atoms with van der Waals surface area (Å²) in [6.45, 7) is 4.59. The quantitative estimate of drug-likeness (QED) is 0.530. The van der Waals surface area contributed by atoms with Crippen molar-refractivity contribution in [3.63, 3.8) is 0 Å². The standard InChI is InChI=1S/C20H22F3N5O3/c1-11-7-6-8-14(18(28-30-5)19(29)24-4)15(11)10-31-27-12(2)16-9-17(20(21,22)23)26-13(3)25-16/h6-9H,10H2,1-5H3,(H,24,29)/b27-12+,28-18+. The number of hydrogen-bond acceptors (Lipinski definition) is 7. The zero-order valence-electron chi connectivity index (χ0n) is 17.7. The molecular formula is C20H22F3N5O3. The average molecular weight is 437 g/mol. The normalized spacial score (nSPS) is 12.5. The Morgan fingerprint density at radius 3 is 2.52 bits per heavy atom. The van der Waals surface area contributed by atoms with Gasteiger partial charge >= 0.3 is 6.18 Å². The Morgan fingerprint density at radius 2 is 1.90 bits per heavy atom. The molecular weight excluding hydrogens is 415 g/mol. The van der Waals surface area contributed by atoms with Gasteiger partial charge in [0.25, 0.3) is 5.91 Å². The summed E-state index contributed by atoms with van der Waals surface area (Å²) in [6, 6.07) is 6.05. The molecule has 0 aliphatic carbocycles. The number of carbonyl (C=O) groups is 1. The Balaban J connectivity index is 2.32. The Kier molecular flexibility index (Phi) is 7.67. The van der Waals surface area contributed by atoms with Crippen LogP contribution in [0.1, 0.15) is 40.8 Å². The van der Waals surface area contributed by atoms with E-state index in [1.165, 1.54) is 28.0 Å². The average Bonchev–Trinajstić information content (AvgIpc) is 2.71. The lowest BCUT2D eigenvalue weighted by Crippen LogP contribution is -2.29. The van der Waals surface area contributed by atoms with Gasteiger partial charge in [0.15, 0.2) is 5.71 Å². The van der Waals surface area contributed by atoms with Gasteiger partial charge in [0, 0.05) is 18.2 Å². The molecule has 1 aromatic heterocycles. The first-order chi connectivity index (χ1) is 14.6. The number of halogens is 3. The van der Waals surface area contributed by atoms with Crippen LogP contribution in [0.2, 0.25) is 0 Å². The predicted octanol–water partition coefficient (Wildman–Crippen LogP) is 3.15. The number of oxime groups is 2. The lowest BCUT2D eigenvalue weighted by Gasteiger charge is -2.13. The van der Waals surface area contributed by atoms with Crippen LogP contribution in [0.3, 0.4) is 0 Å². The van der Waals surface area contributed by atoms with E-state index >= 15 is 0 Å². The highest BCUT2D eigenvalue weighted by Crippen LogP contribution is 2.28. The molecule has 0 spiro atoms. The molecule has 0 aliphatic heterocycles. The van der Waals surface area contributed by atoms with Crippen LogP contribution in [0.25, 0.3) is 0 Å². The number of hydrogen-bond donors (Lipinski definition) is 1. The van der Waals surface area contributed by atoms with Crippen molar-refractivity contribution in [2.75, 3.05) is 14.2 Å². The van der Waals surface area contributed by atoms with Crippen molar-refractivity contribution < 1.29 is 27.6 Å². The van der Waals surface area contributed by atoms with Crippen LogP contribution < -0.4 is 5.32 Å². The summed E-state index contributed by atoms with van der Waals surface area (Å²) in [7, 11) is 2.79. The second-order valence-electron chi connectivity index (χ2n) is 6.44. The summed E-state index contributed by atoms with van der Waals surface area (Å²) in [6.07, 6.45) is -4.60. The topological polar surface area (TPSA) is 98.1 Å². The van der Waals surface area contributed by atoms with Gasteiger partial charge in [-0.1, -0.05) is 28.5 Å². The second-order valence-corrected chi connectivity index (χ2v) is 6.44. The number of aryl methyl sites for hydroxylation is 2. The molecule has 1 heterocycles. The summed E-state index contributed by atoms with van der Waals surface area (Å²) in [5, 5.41) is 10.2. The SMILES string of the molecule is CNC(=O)/C(=N/OC)c1cccc(C)c1CO/N=C(\C)c1cc(C(F)(F)F)nc(C)n1. The monoisotopic (exact) mass is 437 g/mol. The number of benzene rings is 1. The van der Waals surface area contributed by atoms with Gasteiger partial charge in [0.1, 0.15) is 30.9 Å². The first-order valence-corrected chi connectivity index (χ1v) is 9.10. The Bertz CT molecular complexity index is 1020. The van der Waals surface area contributed by atoms with Gasteiger partial charge in [-0.3, -0.25) is 4.79 Å². The number of carbonyl (C=O) groups excluding carboxylic acids is 1. The van der Waals surface area contributed by atoms with Crippen molar-refractivity contribution in [3.05, 3.63) is 58.2 Å². The lowest BCUT2D eigenvalue weighted by atomic mass is 9.98. The van der Waals surface area contributed by atoms with Gasteiger partial charge in [0.05, 0.1) is 5.69 Å². The fourth-order valence-corrected chi connectivity index (χ4v) is 2.68. The molecule has 0 saturated carbocycles. The van der Waals surface area contributed by atoms with E-state index in [2.05, 4.69) is 25.6 Å². The largest absolute Gasteiger partial charge is 0.433 e. The van der Waals surface area contributed by atoms with Gasteiger partial charge in [-0.05, 0) is 32.4 Å². The van der Waals surface area contributed by atoms with Gasteiger partial charge in [-0.15, -0.1) is 0 Å². The molecule has 1 aromatic carbocycles. The summed E-state index contributed by atoms with van der Waals surface area (Å²) >= 11 is 0. The smallest absolute Gasteiger partial charge is 0.398 e. The highest BCUT2D eigenvalue weighted by atomic mass is 19.4. The maximum absolute atomic E-state index is 13.0. The number of likely N-dealkylation sites (N-methyl/N-ethyl adjacent to an activating group) is 1. The lowest BCUT2D eigenvalue weighted by molar-refractivity contribution is -0.141. The highest BCUT2D eigenvalue weighted by Gasteiger charge is 2.33. The number of alkyl halides is 3. The minimum Gasteiger partial charge on any atom is -0.398 e. The van der Waals surface area contributed by atoms with Crippen LogP contribution in [0, 0.1) is 13.8 Å². The third-order valence-electron chi connectivity index (χ3n) is 4.20. The molecule has 1 N–H and O–H groups in total. The Morgan fingerprint density at radius 1 is 1.19 bits per heavy atom. The van der Waals surface area contributed by atoms with E-state index in [0.29, 0.717) is 11.1 Å². The molecule has 0 fully saturated rings. The second kappa shape index (κ2) is 10.0. The van der Waals surface area contributed by atoms with Gasteiger partial charge in [-0.25, -0.2) is 9.97 Å². The fourth-order valence-electron chi connectivity index (χ4n) is 2.68. The zero-order chi connectivity index (χ0) is 23.2. The van der Waals surface area contributed by atoms with E-state index in [0.717, 1.165) is 11.6 Å². The van der Waals surface area contributed by atoms with Crippen LogP contribution in [0.5, 0.6) is 0 Å². The fraction of sp³-hybridized carbons (Fsp3) is 0.350. The van der Waals surface area contributed by atoms with Gasteiger partial charge in [-0.2, -0.15) is 13.2 Å². The molecule has 0 radical (unpaired) electrons. The van der Waals surface area contributed by atoms with Crippen molar-refractivity contribution in [2.45, 2.75) is 33.6 Å². The van der Waals surface area contributed by atoms with Crippen molar-refractivity contribution in [2.24, 2.45) is 10.3 Å². The van der Waals surface area contributed by atoms with Gasteiger partial charge in [0.2, 0.25) is 0 Å². The Labute approximate surface area is 177 Å². The first-order valence-electron chi connectivity index (χ1n) is 9.10. The third-order valence-corrected chi connectivity index (χ3v) is 4.20. The molecule has 11 heteroatoms. The Hall–Kier alpha value is -3.50. The van der Waals surface area contributed by atoms with Crippen LogP contribution in [0.15, 0.2) is 34.6 Å².